The average molecular weight is 394 g/mol. The molecule has 0 bridgehead atoms. The number of carbonyl (C=O) groups is 1. The zero-order chi connectivity index (χ0) is 20.8. The molecule has 3 rings (SSSR count). The highest BCUT2D eigenvalue weighted by molar-refractivity contribution is 5.93. The SMILES string of the molecule is CCOc1ccc(-c2cc(=O)n(CCNC(=O)c3cccn(C)c3=O)cn2)cc1. The fourth-order valence-corrected chi connectivity index (χ4v) is 2.80. The number of benzene rings is 1. The number of carbonyl (C=O) groups excluding carboxylic acids is 1. The maximum absolute atomic E-state index is 12.4. The number of pyridine rings is 1. The Kier molecular flexibility index (Phi) is 6.23. The van der Waals surface area contributed by atoms with E-state index in [9.17, 15) is 14.4 Å². The number of hydrogen-bond acceptors (Lipinski definition) is 5. The summed E-state index contributed by atoms with van der Waals surface area (Å²) in [6, 6.07) is 11.9. The molecule has 8 heteroatoms. The zero-order valence-corrected chi connectivity index (χ0v) is 16.3. The van der Waals surface area contributed by atoms with Gasteiger partial charge in [-0.1, -0.05) is 0 Å². The van der Waals surface area contributed by atoms with Gasteiger partial charge in [-0.3, -0.25) is 19.0 Å². The first kappa shape index (κ1) is 20.1. The van der Waals surface area contributed by atoms with Crippen molar-refractivity contribution in [2.75, 3.05) is 13.2 Å². The summed E-state index contributed by atoms with van der Waals surface area (Å²) in [6.45, 7) is 2.94. The highest BCUT2D eigenvalue weighted by Crippen LogP contribution is 2.19. The van der Waals surface area contributed by atoms with Gasteiger partial charge in [0.05, 0.1) is 18.6 Å². The molecule has 0 unspecified atom stereocenters. The van der Waals surface area contributed by atoms with Crippen molar-refractivity contribution in [2.24, 2.45) is 7.05 Å². The number of nitrogens with one attached hydrogen (secondary N) is 1. The minimum Gasteiger partial charge on any atom is -0.494 e. The average Bonchev–Trinajstić information content (AvgIpc) is 2.72. The minimum absolute atomic E-state index is 0.0614. The lowest BCUT2D eigenvalue weighted by atomic mass is 10.1. The Hall–Kier alpha value is -3.68. The molecule has 0 saturated heterocycles. The molecule has 2 heterocycles. The van der Waals surface area contributed by atoms with E-state index in [4.69, 9.17) is 4.74 Å². The van der Waals surface area contributed by atoms with Gasteiger partial charge in [0.1, 0.15) is 11.3 Å². The highest BCUT2D eigenvalue weighted by Gasteiger charge is 2.10. The third-order valence-electron chi connectivity index (χ3n) is 4.35. The molecule has 0 atom stereocenters. The summed E-state index contributed by atoms with van der Waals surface area (Å²) in [4.78, 5) is 40.8. The molecule has 8 nitrogen and oxygen atoms in total. The van der Waals surface area contributed by atoms with Crippen LogP contribution >= 0.6 is 0 Å². The molecule has 1 N–H and O–H groups in total. The summed E-state index contributed by atoms with van der Waals surface area (Å²) in [7, 11) is 1.58. The first-order chi connectivity index (χ1) is 14.0. The van der Waals surface area contributed by atoms with Gasteiger partial charge in [0.25, 0.3) is 17.0 Å². The van der Waals surface area contributed by atoms with Crippen molar-refractivity contribution in [3.8, 4) is 17.0 Å². The number of hydrogen-bond donors (Lipinski definition) is 1. The smallest absolute Gasteiger partial charge is 0.263 e. The van der Waals surface area contributed by atoms with Crippen LogP contribution in [-0.2, 0) is 13.6 Å². The van der Waals surface area contributed by atoms with E-state index in [0.29, 0.717) is 12.3 Å². The van der Waals surface area contributed by atoms with Crippen LogP contribution in [0, 0.1) is 0 Å². The van der Waals surface area contributed by atoms with E-state index >= 15 is 0 Å². The van der Waals surface area contributed by atoms with Crippen LogP contribution in [0.5, 0.6) is 5.75 Å². The second-order valence-corrected chi connectivity index (χ2v) is 6.36. The number of aromatic nitrogens is 3. The van der Waals surface area contributed by atoms with E-state index in [1.165, 1.54) is 27.6 Å². The van der Waals surface area contributed by atoms with Gasteiger partial charge in [-0.25, -0.2) is 4.98 Å². The standard InChI is InChI=1S/C21H22N4O4/c1-3-29-16-8-6-15(7-9-16)18-13-19(26)25(14-23-18)12-10-22-20(27)17-5-4-11-24(2)21(17)28/h4-9,11,13-14H,3,10,12H2,1-2H3,(H,22,27). The fraction of sp³-hybridized carbons (Fsp3) is 0.238. The highest BCUT2D eigenvalue weighted by atomic mass is 16.5. The van der Waals surface area contributed by atoms with Crippen LogP contribution in [0.2, 0.25) is 0 Å². The quantitative estimate of drug-likeness (QED) is 0.654. The van der Waals surface area contributed by atoms with Crippen LogP contribution in [0.1, 0.15) is 17.3 Å². The van der Waals surface area contributed by atoms with E-state index in [2.05, 4.69) is 10.3 Å². The predicted molar refractivity (Wildman–Crippen MR) is 109 cm³/mol. The Bertz CT molecular complexity index is 1120. The van der Waals surface area contributed by atoms with Crippen molar-refractivity contribution in [1.82, 2.24) is 19.4 Å². The van der Waals surface area contributed by atoms with Crippen molar-refractivity contribution in [3.05, 3.63) is 81.3 Å². The van der Waals surface area contributed by atoms with Crippen molar-refractivity contribution in [2.45, 2.75) is 13.5 Å². The summed E-state index contributed by atoms with van der Waals surface area (Å²) >= 11 is 0. The van der Waals surface area contributed by atoms with Crippen LogP contribution in [0.25, 0.3) is 11.3 Å². The summed E-state index contributed by atoms with van der Waals surface area (Å²) in [5, 5.41) is 2.65. The number of ether oxygens (including phenoxy) is 1. The molecule has 0 aliphatic carbocycles. The number of aryl methyl sites for hydroxylation is 1. The first-order valence-electron chi connectivity index (χ1n) is 9.23. The molecule has 0 radical (unpaired) electrons. The lowest BCUT2D eigenvalue weighted by molar-refractivity contribution is 0.0950. The van der Waals surface area contributed by atoms with Crippen LogP contribution in [0.3, 0.4) is 0 Å². The summed E-state index contributed by atoms with van der Waals surface area (Å²) in [5.41, 5.74) is 0.834. The Labute approximate surface area is 167 Å². The third kappa shape index (κ3) is 4.78. The molecule has 29 heavy (non-hydrogen) atoms. The Morgan fingerprint density at radius 1 is 1.17 bits per heavy atom. The molecular weight excluding hydrogens is 372 g/mol. The Morgan fingerprint density at radius 2 is 1.93 bits per heavy atom. The van der Waals surface area contributed by atoms with Crippen LogP contribution in [0.4, 0.5) is 0 Å². The largest absolute Gasteiger partial charge is 0.494 e. The summed E-state index contributed by atoms with van der Waals surface area (Å²) in [5.74, 6) is 0.284. The minimum atomic E-state index is -0.474. The molecule has 0 aliphatic rings. The Balaban J connectivity index is 1.63. The van der Waals surface area contributed by atoms with Crippen molar-refractivity contribution in [1.29, 1.82) is 0 Å². The first-order valence-corrected chi connectivity index (χ1v) is 9.23. The van der Waals surface area contributed by atoms with Crippen LogP contribution < -0.4 is 21.2 Å². The van der Waals surface area contributed by atoms with Crippen molar-refractivity contribution in [3.63, 3.8) is 0 Å². The molecule has 1 amide bonds. The van der Waals surface area contributed by atoms with Gasteiger partial charge in [-0.15, -0.1) is 0 Å². The summed E-state index contributed by atoms with van der Waals surface area (Å²) in [6.07, 6.45) is 3.03. The molecule has 0 fully saturated rings. The Morgan fingerprint density at radius 3 is 2.62 bits per heavy atom. The number of nitrogens with zero attached hydrogens (tertiary/aromatic N) is 3. The normalized spacial score (nSPS) is 10.6. The van der Waals surface area contributed by atoms with Crippen molar-refractivity contribution >= 4 is 5.91 Å². The van der Waals surface area contributed by atoms with Gasteiger partial charge in [-0.2, -0.15) is 0 Å². The third-order valence-corrected chi connectivity index (χ3v) is 4.35. The van der Waals surface area contributed by atoms with E-state index in [1.54, 1.807) is 19.3 Å². The second-order valence-electron chi connectivity index (χ2n) is 6.36. The van der Waals surface area contributed by atoms with Gasteiger partial charge >= 0.3 is 0 Å². The molecular formula is C21H22N4O4. The van der Waals surface area contributed by atoms with Crippen molar-refractivity contribution < 1.29 is 9.53 Å². The van der Waals surface area contributed by atoms with E-state index in [0.717, 1.165) is 11.3 Å². The van der Waals surface area contributed by atoms with Gasteiger partial charge < -0.3 is 14.6 Å². The molecule has 3 aromatic rings. The topological polar surface area (TPSA) is 95.2 Å². The lowest BCUT2D eigenvalue weighted by Gasteiger charge is -2.09. The molecule has 1 aromatic carbocycles. The molecule has 0 spiro atoms. The monoisotopic (exact) mass is 394 g/mol. The zero-order valence-electron chi connectivity index (χ0n) is 16.3. The van der Waals surface area contributed by atoms with Gasteiger partial charge in [0.2, 0.25) is 0 Å². The molecule has 2 aromatic heterocycles. The number of rotatable bonds is 7. The van der Waals surface area contributed by atoms with E-state index in [1.807, 2.05) is 31.2 Å². The fourth-order valence-electron chi connectivity index (χ4n) is 2.80. The predicted octanol–water partition coefficient (Wildman–Crippen LogP) is 1.44. The maximum atomic E-state index is 12.4. The molecule has 150 valence electrons. The van der Waals surface area contributed by atoms with Crippen LogP contribution in [-0.4, -0.2) is 33.2 Å². The maximum Gasteiger partial charge on any atom is 0.263 e. The van der Waals surface area contributed by atoms with Crippen LogP contribution in [0.15, 0.2) is 64.6 Å². The molecule has 0 aliphatic heterocycles. The molecule has 0 saturated carbocycles. The number of amides is 1. The van der Waals surface area contributed by atoms with Gasteiger partial charge in [-0.05, 0) is 43.3 Å². The van der Waals surface area contributed by atoms with Gasteiger partial charge in [0, 0.05) is 38.0 Å². The second kappa shape index (κ2) is 9.01. The van der Waals surface area contributed by atoms with E-state index < -0.39 is 5.91 Å². The van der Waals surface area contributed by atoms with Gasteiger partial charge in [0.15, 0.2) is 0 Å². The summed E-state index contributed by atoms with van der Waals surface area (Å²) < 4.78 is 8.15. The van der Waals surface area contributed by atoms with E-state index in [-0.39, 0.29) is 29.8 Å². The lowest BCUT2D eigenvalue weighted by Crippen LogP contribution is -2.35.